The molecule has 5 nitrogen and oxygen atoms in total. The SMILES string of the molecule is C#CCN(CC1CC1)S(=O)(=O)c1c[nH]c(CO)c1. The number of nitrogens with zero attached hydrogens (tertiary/aromatic N) is 1. The fourth-order valence-electron chi connectivity index (χ4n) is 1.75. The van der Waals surface area contributed by atoms with Gasteiger partial charge in [0.25, 0.3) is 0 Å². The average molecular weight is 268 g/mol. The van der Waals surface area contributed by atoms with Gasteiger partial charge in [0.2, 0.25) is 10.0 Å². The Balaban J connectivity index is 2.22. The van der Waals surface area contributed by atoms with E-state index < -0.39 is 10.0 Å². The van der Waals surface area contributed by atoms with Gasteiger partial charge >= 0.3 is 0 Å². The lowest BCUT2D eigenvalue weighted by atomic mass is 10.4. The van der Waals surface area contributed by atoms with Crippen molar-refractivity contribution in [2.75, 3.05) is 13.1 Å². The molecule has 1 aromatic heterocycles. The van der Waals surface area contributed by atoms with Crippen LogP contribution in [0.5, 0.6) is 0 Å². The molecule has 0 spiro atoms. The first-order valence-corrected chi connectivity index (χ1v) is 7.23. The van der Waals surface area contributed by atoms with E-state index in [9.17, 15) is 8.42 Å². The van der Waals surface area contributed by atoms with Crippen molar-refractivity contribution >= 4 is 10.0 Å². The van der Waals surface area contributed by atoms with Gasteiger partial charge in [-0.1, -0.05) is 5.92 Å². The van der Waals surface area contributed by atoms with Crippen molar-refractivity contribution in [3.8, 4) is 12.3 Å². The van der Waals surface area contributed by atoms with E-state index in [0.29, 0.717) is 18.2 Å². The molecule has 1 fully saturated rings. The summed E-state index contributed by atoms with van der Waals surface area (Å²) < 4.78 is 26.0. The third-order valence-electron chi connectivity index (χ3n) is 2.95. The fraction of sp³-hybridized carbons (Fsp3) is 0.500. The molecule has 2 rings (SSSR count). The number of hydrogen-bond acceptors (Lipinski definition) is 3. The zero-order chi connectivity index (χ0) is 13.2. The second-order valence-electron chi connectivity index (χ2n) is 4.46. The molecule has 1 saturated carbocycles. The fourth-order valence-corrected chi connectivity index (χ4v) is 3.19. The highest BCUT2D eigenvalue weighted by atomic mass is 32.2. The van der Waals surface area contributed by atoms with Crippen LogP contribution < -0.4 is 0 Å². The van der Waals surface area contributed by atoms with E-state index in [4.69, 9.17) is 11.5 Å². The second kappa shape index (κ2) is 5.14. The first kappa shape index (κ1) is 13.1. The molecule has 0 radical (unpaired) electrons. The van der Waals surface area contributed by atoms with Crippen molar-refractivity contribution in [1.29, 1.82) is 0 Å². The topological polar surface area (TPSA) is 73.4 Å². The largest absolute Gasteiger partial charge is 0.390 e. The van der Waals surface area contributed by atoms with Crippen LogP contribution in [0.1, 0.15) is 18.5 Å². The quantitative estimate of drug-likeness (QED) is 0.740. The van der Waals surface area contributed by atoms with Crippen molar-refractivity contribution < 1.29 is 13.5 Å². The maximum atomic E-state index is 12.3. The Morgan fingerprint density at radius 3 is 2.78 bits per heavy atom. The van der Waals surface area contributed by atoms with E-state index in [-0.39, 0.29) is 18.0 Å². The Hall–Kier alpha value is -1.29. The minimum atomic E-state index is -3.56. The Morgan fingerprint density at radius 2 is 2.28 bits per heavy atom. The lowest BCUT2D eigenvalue weighted by molar-refractivity contribution is 0.277. The van der Waals surface area contributed by atoms with Crippen LogP contribution in [0.4, 0.5) is 0 Å². The molecule has 0 amide bonds. The average Bonchev–Trinajstić information content (AvgIpc) is 3.02. The number of aliphatic hydroxyl groups excluding tert-OH is 1. The van der Waals surface area contributed by atoms with Gasteiger partial charge in [-0.3, -0.25) is 0 Å². The van der Waals surface area contributed by atoms with E-state index in [1.54, 1.807) is 0 Å². The molecule has 6 heteroatoms. The van der Waals surface area contributed by atoms with Gasteiger partial charge in [-0.15, -0.1) is 6.42 Å². The minimum Gasteiger partial charge on any atom is -0.390 e. The Labute approximate surface area is 107 Å². The number of hydrogen-bond donors (Lipinski definition) is 2. The number of aromatic amines is 1. The van der Waals surface area contributed by atoms with Gasteiger partial charge < -0.3 is 10.1 Å². The molecule has 18 heavy (non-hydrogen) atoms. The van der Waals surface area contributed by atoms with Gasteiger partial charge in [-0.2, -0.15) is 4.31 Å². The molecule has 1 aliphatic rings. The van der Waals surface area contributed by atoms with Crippen LogP contribution >= 0.6 is 0 Å². The van der Waals surface area contributed by atoms with Crippen LogP contribution in [0.2, 0.25) is 0 Å². The standard InChI is InChI=1S/C12H16N2O3S/c1-2-5-14(8-10-3-4-10)18(16,17)12-6-11(9-15)13-7-12/h1,6-7,10,13,15H,3-5,8-9H2. The normalized spacial score (nSPS) is 15.8. The predicted molar refractivity (Wildman–Crippen MR) is 67.0 cm³/mol. The number of nitrogens with one attached hydrogen (secondary N) is 1. The third kappa shape index (κ3) is 2.75. The van der Waals surface area contributed by atoms with Crippen LogP contribution in [-0.4, -0.2) is 35.9 Å². The van der Waals surface area contributed by atoms with Crippen molar-refractivity contribution in [3.63, 3.8) is 0 Å². The maximum Gasteiger partial charge on any atom is 0.245 e. The van der Waals surface area contributed by atoms with Crippen molar-refractivity contribution in [3.05, 3.63) is 18.0 Å². The zero-order valence-electron chi connectivity index (χ0n) is 9.96. The molecule has 0 bridgehead atoms. The van der Waals surface area contributed by atoms with E-state index in [1.165, 1.54) is 16.6 Å². The Kier molecular flexibility index (Phi) is 3.76. The third-order valence-corrected chi connectivity index (χ3v) is 4.74. The van der Waals surface area contributed by atoms with E-state index in [0.717, 1.165) is 12.8 Å². The summed E-state index contributed by atoms with van der Waals surface area (Å²) in [5.41, 5.74) is 0.473. The van der Waals surface area contributed by atoms with Gasteiger partial charge in [-0.25, -0.2) is 8.42 Å². The molecule has 2 N–H and O–H groups in total. The molecular weight excluding hydrogens is 252 g/mol. The van der Waals surface area contributed by atoms with Gasteiger partial charge in [0, 0.05) is 18.4 Å². The summed E-state index contributed by atoms with van der Waals surface area (Å²) in [7, 11) is -3.56. The lowest BCUT2D eigenvalue weighted by Crippen LogP contribution is -2.33. The van der Waals surface area contributed by atoms with Crippen molar-refractivity contribution in [1.82, 2.24) is 9.29 Å². The van der Waals surface area contributed by atoms with Crippen LogP contribution in [0.15, 0.2) is 17.2 Å². The number of aromatic nitrogens is 1. The van der Waals surface area contributed by atoms with Crippen LogP contribution in [0.25, 0.3) is 0 Å². The van der Waals surface area contributed by atoms with Crippen molar-refractivity contribution in [2.45, 2.75) is 24.3 Å². The molecule has 1 aliphatic carbocycles. The summed E-state index contributed by atoms with van der Waals surface area (Å²) in [6, 6.07) is 1.44. The molecule has 0 aliphatic heterocycles. The highest BCUT2D eigenvalue weighted by molar-refractivity contribution is 7.89. The van der Waals surface area contributed by atoms with E-state index >= 15 is 0 Å². The summed E-state index contributed by atoms with van der Waals surface area (Å²) in [6.45, 7) is 0.345. The van der Waals surface area contributed by atoms with Gasteiger partial charge in [0.15, 0.2) is 0 Å². The molecule has 98 valence electrons. The lowest BCUT2D eigenvalue weighted by Gasteiger charge is -2.18. The van der Waals surface area contributed by atoms with Gasteiger partial charge in [0.05, 0.1) is 13.2 Å². The molecule has 0 aromatic carbocycles. The summed E-state index contributed by atoms with van der Waals surface area (Å²) in [4.78, 5) is 2.88. The first-order valence-electron chi connectivity index (χ1n) is 5.79. The number of rotatable bonds is 6. The molecular formula is C12H16N2O3S. The Morgan fingerprint density at radius 1 is 1.56 bits per heavy atom. The summed E-state index contributed by atoms with van der Waals surface area (Å²) in [6.07, 6.45) is 8.74. The van der Waals surface area contributed by atoms with E-state index in [2.05, 4.69) is 10.9 Å². The molecule has 0 unspecified atom stereocenters. The highest BCUT2D eigenvalue weighted by Crippen LogP contribution is 2.31. The zero-order valence-corrected chi connectivity index (χ0v) is 10.8. The van der Waals surface area contributed by atoms with Gasteiger partial charge in [-0.05, 0) is 24.8 Å². The number of sulfonamides is 1. The summed E-state index contributed by atoms with van der Waals surface area (Å²) in [5, 5.41) is 8.94. The second-order valence-corrected chi connectivity index (χ2v) is 6.40. The molecule has 1 aromatic rings. The predicted octanol–water partition coefficient (Wildman–Crippen LogP) is 0.541. The van der Waals surface area contributed by atoms with Crippen LogP contribution in [-0.2, 0) is 16.6 Å². The smallest absolute Gasteiger partial charge is 0.245 e. The highest BCUT2D eigenvalue weighted by Gasteiger charge is 2.31. The van der Waals surface area contributed by atoms with Crippen LogP contribution in [0.3, 0.4) is 0 Å². The number of terminal acetylenes is 1. The number of aliphatic hydroxyl groups is 1. The first-order chi connectivity index (χ1) is 8.57. The summed E-state index contributed by atoms with van der Waals surface area (Å²) >= 11 is 0. The Bertz CT molecular complexity index is 552. The van der Waals surface area contributed by atoms with Gasteiger partial charge in [0.1, 0.15) is 4.90 Å². The minimum absolute atomic E-state index is 0.0818. The monoisotopic (exact) mass is 268 g/mol. The van der Waals surface area contributed by atoms with Crippen molar-refractivity contribution in [2.24, 2.45) is 5.92 Å². The van der Waals surface area contributed by atoms with E-state index in [1.807, 2.05) is 0 Å². The van der Waals surface area contributed by atoms with Crippen LogP contribution in [0, 0.1) is 18.3 Å². The molecule has 1 heterocycles. The number of H-pyrrole nitrogens is 1. The molecule has 0 saturated heterocycles. The molecule has 0 atom stereocenters. The summed E-state index contributed by atoms with van der Waals surface area (Å²) in [5.74, 6) is 2.82. The maximum absolute atomic E-state index is 12.3.